The van der Waals surface area contributed by atoms with Gasteiger partial charge in [0.15, 0.2) is 0 Å². The van der Waals surface area contributed by atoms with E-state index in [1.165, 1.54) is 11.9 Å². The molecule has 0 saturated heterocycles. The number of amides is 3. The van der Waals surface area contributed by atoms with E-state index in [1.54, 1.807) is 7.11 Å². The summed E-state index contributed by atoms with van der Waals surface area (Å²) in [5, 5.41) is 2.84. The Morgan fingerprint density at radius 2 is 2.00 bits per heavy atom. The van der Waals surface area contributed by atoms with Crippen LogP contribution in [0.5, 0.6) is 5.75 Å². The van der Waals surface area contributed by atoms with Gasteiger partial charge in [0.1, 0.15) is 12.3 Å². The number of carbonyl (C=O) groups excluding carboxylic acids is 2. The predicted octanol–water partition coefficient (Wildman–Crippen LogP) is 1.88. The molecule has 0 saturated carbocycles. The first-order chi connectivity index (χ1) is 10.8. The molecular weight excluding hydrogens is 294 g/mol. The Hall–Kier alpha value is -2.24. The summed E-state index contributed by atoms with van der Waals surface area (Å²) in [6.07, 6.45) is 1.69. The average Bonchev–Trinajstić information content (AvgIpc) is 2.54. The van der Waals surface area contributed by atoms with Crippen LogP contribution in [-0.4, -0.2) is 44.1 Å². The summed E-state index contributed by atoms with van der Waals surface area (Å²) in [6, 6.07) is 7.33. The Morgan fingerprint density at radius 3 is 2.57 bits per heavy atom. The topological polar surface area (TPSA) is 84.7 Å². The predicted molar refractivity (Wildman–Crippen MR) is 90.5 cm³/mol. The first-order valence-corrected chi connectivity index (χ1v) is 7.75. The molecule has 0 radical (unpaired) electrons. The van der Waals surface area contributed by atoms with E-state index in [4.69, 9.17) is 10.5 Å². The number of rotatable bonds is 8. The van der Waals surface area contributed by atoms with Crippen molar-refractivity contribution >= 4 is 11.9 Å². The molecule has 0 spiro atoms. The summed E-state index contributed by atoms with van der Waals surface area (Å²) in [5.41, 5.74) is 6.14. The van der Waals surface area contributed by atoms with E-state index < -0.39 is 6.03 Å². The van der Waals surface area contributed by atoms with Crippen molar-refractivity contribution in [3.63, 3.8) is 0 Å². The lowest BCUT2D eigenvalue weighted by Gasteiger charge is -2.30. The molecule has 0 heterocycles. The molecule has 23 heavy (non-hydrogen) atoms. The molecule has 6 heteroatoms. The highest BCUT2D eigenvalue weighted by Crippen LogP contribution is 2.36. The molecule has 0 aliphatic carbocycles. The molecule has 1 aromatic rings. The van der Waals surface area contributed by atoms with Gasteiger partial charge >= 0.3 is 6.03 Å². The van der Waals surface area contributed by atoms with Crippen LogP contribution in [0.3, 0.4) is 0 Å². The van der Waals surface area contributed by atoms with E-state index in [0.717, 1.165) is 24.2 Å². The van der Waals surface area contributed by atoms with E-state index in [-0.39, 0.29) is 17.9 Å². The number of ether oxygens (including phenoxy) is 1. The Morgan fingerprint density at radius 1 is 1.35 bits per heavy atom. The van der Waals surface area contributed by atoms with Gasteiger partial charge in [-0.15, -0.1) is 0 Å². The minimum Gasteiger partial charge on any atom is -0.496 e. The molecule has 0 bridgehead atoms. The normalized spacial score (nSPS) is 13.0. The molecule has 1 atom stereocenters. The van der Waals surface area contributed by atoms with Crippen molar-refractivity contribution in [2.45, 2.75) is 32.1 Å². The van der Waals surface area contributed by atoms with Crippen molar-refractivity contribution in [3.05, 3.63) is 29.8 Å². The monoisotopic (exact) mass is 321 g/mol. The number of urea groups is 1. The van der Waals surface area contributed by atoms with E-state index in [1.807, 2.05) is 18.2 Å². The number of nitrogens with one attached hydrogen (secondary N) is 1. The van der Waals surface area contributed by atoms with E-state index in [0.29, 0.717) is 6.54 Å². The Balaban J connectivity index is 2.66. The standard InChI is InChI=1S/C17H27N3O3/c1-5-17(2,13-8-6-7-9-14(13)23-4)10-11-19-15(21)12-20(3)16(18)22/h6-9H,5,10-12H2,1-4H3,(H2,18,22)(H,19,21)/t17-/m0/s1. The zero-order valence-corrected chi connectivity index (χ0v) is 14.4. The molecule has 0 aromatic heterocycles. The molecular formula is C17H27N3O3. The zero-order valence-electron chi connectivity index (χ0n) is 14.4. The molecule has 0 aliphatic rings. The second-order valence-electron chi connectivity index (χ2n) is 5.91. The molecule has 3 amide bonds. The lowest BCUT2D eigenvalue weighted by molar-refractivity contribution is -0.121. The smallest absolute Gasteiger partial charge is 0.314 e. The third kappa shape index (κ3) is 5.16. The van der Waals surface area contributed by atoms with Gasteiger partial charge in [-0.25, -0.2) is 4.79 Å². The molecule has 6 nitrogen and oxygen atoms in total. The van der Waals surface area contributed by atoms with Crippen LogP contribution in [0, 0.1) is 0 Å². The van der Waals surface area contributed by atoms with Crippen LogP contribution < -0.4 is 15.8 Å². The van der Waals surface area contributed by atoms with E-state index in [2.05, 4.69) is 25.2 Å². The van der Waals surface area contributed by atoms with Crippen molar-refractivity contribution in [1.29, 1.82) is 0 Å². The van der Waals surface area contributed by atoms with Crippen molar-refractivity contribution in [3.8, 4) is 5.75 Å². The second-order valence-corrected chi connectivity index (χ2v) is 5.91. The van der Waals surface area contributed by atoms with Crippen LogP contribution in [0.4, 0.5) is 4.79 Å². The number of primary amides is 1. The maximum atomic E-state index is 11.8. The SMILES string of the molecule is CC[C@@](C)(CCNC(=O)CN(C)C(N)=O)c1ccccc1OC. The Kier molecular flexibility index (Phi) is 6.88. The summed E-state index contributed by atoms with van der Waals surface area (Å²) in [7, 11) is 3.16. The molecule has 1 aromatic carbocycles. The first kappa shape index (κ1) is 18.8. The van der Waals surface area contributed by atoms with Crippen molar-refractivity contribution < 1.29 is 14.3 Å². The second kappa shape index (κ2) is 8.41. The van der Waals surface area contributed by atoms with Crippen LogP contribution in [0.25, 0.3) is 0 Å². The van der Waals surface area contributed by atoms with Crippen molar-refractivity contribution in [2.75, 3.05) is 27.2 Å². The van der Waals surface area contributed by atoms with Gasteiger partial charge < -0.3 is 20.7 Å². The summed E-state index contributed by atoms with van der Waals surface area (Å²) in [5.74, 6) is 0.640. The van der Waals surface area contributed by atoms with Crippen LogP contribution >= 0.6 is 0 Å². The van der Waals surface area contributed by atoms with Crippen molar-refractivity contribution in [1.82, 2.24) is 10.2 Å². The third-order valence-corrected chi connectivity index (χ3v) is 4.29. The highest BCUT2D eigenvalue weighted by molar-refractivity contribution is 5.83. The molecule has 1 rings (SSSR count). The van der Waals surface area contributed by atoms with Gasteiger partial charge in [0.2, 0.25) is 5.91 Å². The zero-order chi connectivity index (χ0) is 17.5. The lowest BCUT2D eigenvalue weighted by Crippen LogP contribution is -2.41. The number of hydrogen-bond donors (Lipinski definition) is 2. The molecule has 0 fully saturated rings. The fraction of sp³-hybridized carbons (Fsp3) is 0.529. The summed E-state index contributed by atoms with van der Waals surface area (Å²) in [6.45, 7) is 4.77. The summed E-state index contributed by atoms with van der Waals surface area (Å²) in [4.78, 5) is 23.9. The first-order valence-electron chi connectivity index (χ1n) is 7.75. The number of likely N-dealkylation sites (N-methyl/N-ethyl adjacent to an activating group) is 1. The number of para-hydroxylation sites is 1. The quantitative estimate of drug-likeness (QED) is 0.766. The van der Waals surface area contributed by atoms with Gasteiger partial charge in [0.05, 0.1) is 7.11 Å². The van der Waals surface area contributed by atoms with Gasteiger partial charge in [-0.1, -0.05) is 32.0 Å². The average molecular weight is 321 g/mol. The highest BCUT2D eigenvalue weighted by Gasteiger charge is 2.27. The lowest BCUT2D eigenvalue weighted by atomic mass is 9.77. The van der Waals surface area contributed by atoms with Crippen LogP contribution in [0.1, 0.15) is 32.3 Å². The Labute approximate surface area is 138 Å². The Bertz CT molecular complexity index is 548. The van der Waals surface area contributed by atoms with Crippen LogP contribution in [0.15, 0.2) is 24.3 Å². The number of benzene rings is 1. The largest absolute Gasteiger partial charge is 0.496 e. The number of nitrogens with zero attached hydrogens (tertiary/aromatic N) is 1. The van der Waals surface area contributed by atoms with E-state index in [9.17, 15) is 9.59 Å². The van der Waals surface area contributed by atoms with Crippen LogP contribution in [-0.2, 0) is 10.2 Å². The van der Waals surface area contributed by atoms with Crippen molar-refractivity contribution in [2.24, 2.45) is 5.73 Å². The maximum absolute atomic E-state index is 11.8. The van der Waals surface area contributed by atoms with Gasteiger partial charge in [-0.05, 0) is 24.3 Å². The van der Waals surface area contributed by atoms with Gasteiger partial charge in [0.25, 0.3) is 0 Å². The fourth-order valence-electron chi connectivity index (χ4n) is 2.47. The number of carbonyl (C=O) groups is 2. The number of methoxy groups -OCH3 is 1. The molecule has 3 N–H and O–H groups in total. The fourth-order valence-corrected chi connectivity index (χ4v) is 2.47. The number of hydrogen-bond acceptors (Lipinski definition) is 3. The maximum Gasteiger partial charge on any atom is 0.314 e. The van der Waals surface area contributed by atoms with Gasteiger partial charge in [-0.2, -0.15) is 0 Å². The molecule has 0 aliphatic heterocycles. The summed E-state index contributed by atoms with van der Waals surface area (Å²) >= 11 is 0. The van der Waals surface area contributed by atoms with E-state index >= 15 is 0 Å². The number of nitrogens with two attached hydrogens (primary N) is 1. The molecule has 128 valence electrons. The summed E-state index contributed by atoms with van der Waals surface area (Å²) < 4.78 is 5.45. The van der Waals surface area contributed by atoms with Crippen LogP contribution in [0.2, 0.25) is 0 Å². The van der Waals surface area contributed by atoms with Gasteiger partial charge in [0, 0.05) is 19.2 Å². The molecule has 0 unspecified atom stereocenters. The minimum absolute atomic E-state index is 0.0349. The highest BCUT2D eigenvalue weighted by atomic mass is 16.5. The van der Waals surface area contributed by atoms with Gasteiger partial charge in [-0.3, -0.25) is 4.79 Å². The minimum atomic E-state index is -0.618. The third-order valence-electron chi connectivity index (χ3n) is 4.29.